The average Bonchev–Trinajstić information content (AvgIpc) is 2.49. The lowest BCUT2D eigenvalue weighted by atomic mass is 9.85. The molecule has 1 saturated carbocycles. The second kappa shape index (κ2) is 4.87. The van der Waals surface area contributed by atoms with E-state index in [1.165, 1.54) is 12.8 Å². The van der Waals surface area contributed by atoms with Gasteiger partial charge in [0, 0.05) is 25.2 Å². The highest BCUT2D eigenvalue weighted by Crippen LogP contribution is 2.50. The van der Waals surface area contributed by atoms with E-state index in [4.69, 9.17) is 0 Å². The van der Waals surface area contributed by atoms with Crippen LogP contribution in [0.2, 0.25) is 0 Å². The van der Waals surface area contributed by atoms with Gasteiger partial charge in [0.1, 0.15) is 0 Å². The smallest absolute Gasteiger partial charge is 0.0618 e. The normalized spacial score (nSPS) is 39.2. The Morgan fingerprint density at radius 1 is 1.29 bits per heavy atom. The summed E-state index contributed by atoms with van der Waals surface area (Å²) in [6, 6.07) is 0. The van der Waals surface area contributed by atoms with Crippen LogP contribution >= 0.6 is 0 Å². The van der Waals surface area contributed by atoms with Gasteiger partial charge >= 0.3 is 0 Å². The number of aliphatic hydroxyl groups excluding tert-OH is 1. The molecule has 2 unspecified atom stereocenters. The van der Waals surface area contributed by atoms with Crippen molar-refractivity contribution in [3.05, 3.63) is 0 Å². The summed E-state index contributed by atoms with van der Waals surface area (Å²) < 4.78 is 0. The molecule has 0 aromatic carbocycles. The van der Waals surface area contributed by atoms with Gasteiger partial charge in [-0.2, -0.15) is 0 Å². The Labute approximate surface area is 106 Å². The molecule has 1 aliphatic heterocycles. The fourth-order valence-electron chi connectivity index (χ4n) is 4.12. The summed E-state index contributed by atoms with van der Waals surface area (Å²) in [5.41, 5.74) is 0.414. The third-order valence-corrected chi connectivity index (χ3v) is 4.80. The van der Waals surface area contributed by atoms with E-state index in [1.54, 1.807) is 0 Å². The summed E-state index contributed by atoms with van der Waals surface area (Å²) >= 11 is 0. The van der Waals surface area contributed by atoms with Gasteiger partial charge < -0.3 is 10.4 Å². The van der Waals surface area contributed by atoms with E-state index in [2.05, 4.69) is 31.0 Å². The van der Waals surface area contributed by atoms with Gasteiger partial charge in [0.2, 0.25) is 0 Å². The molecule has 17 heavy (non-hydrogen) atoms. The van der Waals surface area contributed by atoms with Crippen molar-refractivity contribution >= 4 is 0 Å². The largest absolute Gasteiger partial charge is 0.394 e. The first kappa shape index (κ1) is 13.3. The molecule has 3 heteroatoms. The highest BCUT2D eigenvalue weighted by Gasteiger charge is 2.51. The first-order chi connectivity index (χ1) is 8.00. The molecule has 2 rings (SSSR count). The predicted octanol–water partition coefficient (Wildman–Crippen LogP) is 1.47. The Balaban J connectivity index is 2.18. The maximum Gasteiger partial charge on any atom is 0.0618 e. The Kier molecular flexibility index (Phi) is 3.81. The van der Waals surface area contributed by atoms with Crippen molar-refractivity contribution in [1.29, 1.82) is 0 Å². The van der Waals surface area contributed by atoms with Gasteiger partial charge in [0.15, 0.2) is 0 Å². The lowest BCUT2D eigenvalue weighted by Crippen LogP contribution is -2.55. The van der Waals surface area contributed by atoms with Gasteiger partial charge in [-0.05, 0) is 37.1 Å². The zero-order chi connectivity index (χ0) is 12.5. The van der Waals surface area contributed by atoms with Crippen LogP contribution in [-0.4, -0.2) is 48.3 Å². The molecule has 2 fully saturated rings. The predicted molar refractivity (Wildman–Crippen MR) is 71.1 cm³/mol. The van der Waals surface area contributed by atoms with E-state index in [0.29, 0.717) is 17.9 Å². The van der Waals surface area contributed by atoms with Crippen molar-refractivity contribution in [3.63, 3.8) is 0 Å². The van der Waals surface area contributed by atoms with E-state index in [1.807, 2.05) is 0 Å². The zero-order valence-corrected chi connectivity index (χ0v) is 11.6. The monoisotopic (exact) mass is 240 g/mol. The highest BCUT2D eigenvalue weighted by molar-refractivity contribution is 5.05. The van der Waals surface area contributed by atoms with Gasteiger partial charge in [0.05, 0.1) is 6.61 Å². The van der Waals surface area contributed by atoms with Crippen molar-refractivity contribution in [2.75, 3.05) is 32.8 Å². The standard InChI is InChI=1S/C14H28N2O/c1-12-9-13(2,3)10-14(12,11-17)16-7-4-5-15-6-8-16/h12,15,17H,4-11H2,1-3H3. The SMILES string of the molecule is CC1CC(C)(C)CC1(CO)N1CCCNCC1. The van der Waals surface area contributed by atoms with Gasteiger partial charge in [-0.15, -0.1) is 0 Å². The number of aliphatic hydroxyl groups is 1. The second-order valence-electron chi connectivity index (χ2n) is 6.80. The molecule has 3 nitrogen and oxygen atoms in total. The molecule has 1 heterocycles. The van der Waals surface area contributed by atoms with Crippen LogP contribution in [0.15, 0.2) is 0 Å². The molecule has 0 amide bonds. The van der Waals surface area contributed by atoms with Gasteiger partial charge in [-0.3, -0.25) is 4.90 Å². The fourth-order valence-corrected chi connectivity index (χ4v) is 4.12. The average molecular weight is 240 g/mol. The third kappa shape index (κ3) is 2.51. The van der Waals surface area contributed by atoms with Crippen molar-refractivity contribution in [3.8, 4) is 0 Å². The number of nitrogens with zero attached hydrogens (tertiary/aromatic N) is 1. The molecular weight excluding hydrogens is 212 g/mol. The first-order valence-corrected chi connectivity index (χ1v) is 7.07. The fraction of sp³-hybridized carbons (Fsp3) is 1.00. The summed E-state index contributed by atoms with van der Waals surface area (Å²) in [6.45, 7) is 11.7. The number of nitrogens with one attached hydrogen (secondary N) is 1. The van der Waals surface area contributed by atoms with E-state index in [9.17, 15) is 5.11 Å². The molecular formula is C14H28N2O. The Bertz CT molecular complexity index is 259. The van der Waals surface area contributed by atoms with Gasteiger partial charge in [0.25, 0.3) is 0 Å². The zero-order valence-electron chi connectivity index (χ0n) is 11.6. The lowest BCUT2D eigenvalue weighted by Gasteiger charge is -2.43. The minimum atomic E-state index is 0.0372. The lowest BCUT2D eigenvalue weighted by molar-refractivity contribution is 0.00474. The second-order valence-corrected chi connectivity index (χ2v) is 6.80. The molecule has 0 aromatic heterocycles. The van der Waals surface area contributed by atoms with Crippen molar-refractivity contribution in [1.82, 2.24) is 10.2 Å². The summed E-state index contributed by atoms with van der Waals surface area (Å²) in [4.78, 5) is 2.56. The summed E-state index contributed by atoms with van der Waals surface area (Å²) in [6.07, 6.45) is 3.57. The number of rotatable bonds is 2. The molecule has 2 N–H and O–H groups in total. The van der Waals surface area contributed by atoms with Crippen LogP contribution in [-0.2, 0) is 0 Å². The quantitative estimate of drug-likeness (QED) is 0.767. The van der Waals surface area contributed by atoms with E-state index >= 15 is 0 Å². The van der Waals surface area contributed by atoms with Crippen LogP contribution in [0.3, 0.4) is 0 Å². The van der Waals surface area contributed by atoms with E-state index < -0.39 is 0 Å². The Morgan fingerprint density at radius 3 is 2.65 bits per heavy atom. The van der Waals surface area contributed by atoms with E-state index in [0.717, 1.165) is 32.6 Å². The summed E-state index contributed by atoms with van der Waals surface area (Å²) in [5, 5.41) is 13.5. The van der Waals surface area contributed by atoms with Crippen LogP contribution in [0.4, 0.5) is 0 Å². The number of hydrogen-bond acceptors (Lipinski definition) is 3. The molecule has 2 atom stereocenters. The van der Waals surface area contributed by atoms with Crippen molar-refractivity contribution in [2.24, 2.45) is 11.3 Å². The summed E-state index contributed by atoms with van der Waals surface area (Å²) in [7, 11) is 0. The van der Waals surface area contributed by atoms with Crippen LogP contribution in [0.5, 0.6) is 0 Å². The molecule has 100 valence electrons. The Hall–Kier alpha value is -0.120. The molecule has 2 aliphatic rings. The minimum absolute atomic E-state index is 0.0372. The minimum Gasteiger partial charge on any atom is -0.394 e. The number of hydrogen-bond donors (Lipinski definition) is 2. The first-order valence-electron chi connectivity index (χ1n) is 7.07. The van der Waals surface area contributed by atoms with Crippen LogP contribution < -0.4 is 5.32 Å². The maximum atomic E-state index is 10.0. The topological polar surface area (TPSA) is 35.5 Å². The molecule has 0 bridgehead atoms. The molecule has 1 saturated heterocycles. The van der Waals surface area contributed by atoms with Crippen LogP contribution in [0.1, 0.15) is 40.0 Å². The maximum absolute atomic E-state index is 10.0. The van der Waals surface area contributed by atoms with Gasteiger partial charge in [-0.25, -0.2) is 0 Å². The van der Waals surface area contributed by atoms with Crippen molar-refractivity contribution in [2.45, 2.75) is 45.6 Å². The molecule has 0 radical (unpaired) electrons. The van der Waals surface area contributed by atoms with Crippen LogP contribution in [0, 0.1) is 11.3 Å². The molecule has 0 spiro atoms. The van der Waals surface area contributed by atoms with Crippen LogP contribution in [0.25, 0.3) is 0 Å². The van der Waals surface area contributed by atoms with Crippen molar-refractivity contribution < 1.29 is 5.11 Å². The highest BCUT2D eigenvalue weighted by atomic mass is 16.3. The molecule has 1 aliphatic carbocycles. The Morgan fingerprint density at radius 2 is 2.06 bits per heavy atom. The van der Waals surface area contributed by atoms with E-state index in [-0.39, 0.29) is 5.54 Å². The third-order valence-electron chi connectivity index (χ3n) is 4.80. The summed E-state index contributed by atoms with van der Waals surface area (Å²) in [5.74, 6) is 0.598. The molecule has 0 aromatic rings. The van der Waals surface area contributed by atoms with Gasteiger partial charge in [-0.1, -0.05) is 20.8 Å².